The van der Waals surface area contributed by atoms with E-state index in [0.29, 0.717) is 17.9 Å². The summed E-state index contributed by atoms with van der Waals surface area (Å²) < 4.78 is 5.70. The maximum Gasteiger partial charge on any atom is 0.229 e. The standard InChI is InChI=1S/C20H24N2O3/c1-20(24)13-22(17-10-6-7-11-18(17)25-14-20)19(23)12-16(21-2)15-8-4-3-5-9-15/h3-11,16,21,24H,12-14H2,1-2H3/t16-,20?/m0/s1. The number of amides is 1. The van der Waals surface area contributed by atoms with Gasteiger partial charge >= 0.3 is 0 Å². The minimum Gasteiger partial charge on any atom is -0.488 e. The fourth-order valence-corrected chi connectivity index (χ4v) is 3.09. The number of ether oxygens (including phenoxy) is 1. The molecule has 5 nitrogen and oxygen atoms in total. The van der Waals surface area contributed by atoms with Crippen molar-refractivity contribution in [1.82, 2.24) is 5.32 Å². The Bertz CT molecular complexity index is 731. The number of hydrogen-bond donors (Lipinski definition) is 2. The molecule has 2 aromatic carbocycles. The number of benzene rings is 2. The molecule has 3 rings (SSSR count). The van der Waals surface area contributed by atoms with Gasteiger partial charge in [-0.2, -0.15) is 0 Å². The molecular formula is C20H24N2O3. The highest BCUT2D eigenvalue weighted by atomic mass is 16.5. The van der Waals surface area contributed by atoms with Crippen LogP contribution in [0.4, 0.5) is 5.69 Å². The second-order valence-corrected chi connectivity index (χ2v) is 6.69. The summed E-state index contributed by atoms with van der Waals surface area (Å²) in [7, 11) is 1.85. The van der Waals surface area contributed by atoms with Crippen LogP contribution in [0.3, 0.4) is 0 Å². The van der Waals surface area contributed by atoms with Crippen molar-refractivity contribution < 1.29 is 14.6 Å². The van der Waals surface area contributed by atoms with E-state index in [4.69, 9.17) is 4.74 Å². The Balaban J connectivity index is 1.86. The van der Waals surface area contributed by atoms with Crippen molar-refractivity contribution in [3.05, 3.63) is 60.2 Å². The number of aliphatic hydroxyl groups is 1. The molecule has 1 heterocycles. The summed E-state index contributed by atoms with van der Waals surface area (Å²) in [5.74, 6) is 0.566. The van der Waals surface area contributed by atoms with Gasteiger partial charge < -0.3 is 20.1 Å². The molecule has 1 aliphatic rings. The molecule has 0 aromatic heterocycles. The topological polar surface area (TPSA) is 61.8 Å². The molecular weight excluding hydrogens is 316 g/mol. The number of carbonyl (C=O) groups excluding carboxylic acids is 1. The lowest BCUT2D eigenvalue weighted by atomic mass is 10.0. The normalized spacial score (nSPS) is 21.0. The lowest BCUT2D eigenvalue weighted by Gasteiger charge is -2.29. The van der Waals surface area contributed by atoms with Crippen LogP contribution >= 0.6 is 0 Å². The molecule has 2 aromatic rings. The molecule has 1 aliphatic heterocycles. The molecule has 0 saturated carbocycles. The molecule has 0 spiro atoms. The summed E-state index contributed by atoms with van der Waals surface area (Å²) >= 11 is 0. The summed E-state index contributed by atoms with van der Waals surface area (Å²) in [6.45, 7) is 2.04. The van der Waals surface area contributed by atoms with Gasteiger partial charge in [-0.3, -0.25) is 4.79 Å². The van der Waals surface area contributed by atoms with E-state index >= 15 is 0 Å². The van der Waals surface area contributed by atoms with Crippen LogP contribution in [0.1, 0.15) is 24.9 Å². The smallest absolute Gasteiger partial charge is 0.229 e. The molecule has 0 aliphatic carbocycles. The SMILES string of the molecule is CN[C@@H](CC(=O)N1CC(C)(O)COc2ccccc21)c1ccccc1. The van der Waals surface area contributed by atoms with Crippen molar-refractivity contribution in [1.29, 1.82) is 0 Å². The molecule has 0 radical (unpaired) electrons. The van der Waals surface area contributed by atoms with Crippen molar-refractivity contribution in [2.75, 3.05) is 25.1 Å². The summed E-state index contributed by atoms with van der Waals surface area (Å²) in [4.78, 5) is 14.7. The van der Waals surface area contributed by atoms with E-state index in [1.54, 1.807) is 11.8 Å². The maximum atomic E-state index is 13.1. The Morgan fingerprint density at radius 3 is 2.64 bits per heavy atom. The van der Waals surface area contributed by atoms with Crippen molar-refractivity contribution in [2.45, 2.75) is 25.0 Å². The Kier molecular flexibility index (Phi) is 5.06. The van der Waals surface area contributed by atoms with Gasteiger partial charge in [-0.25, -0.2) is 0 Å². The van der Waals surface area contributed by atoms with Crippen LogP contribution in [-0.2, 0) is 4.79 Å². The van der Waals surface area contributed by atoms with Gasteiger partial charge in [0.2, 0.25) is 5.91 Å². The minimum absolute atomic E-state index is 0.0542. The van der Waals surface area contributed by atoms with Crippen LogP contribution in [0, 0.1) is 0 Å². The van der Waals surface area contributed by atoms with E-state index < -0.39 is 5.60 Å². The Morgan fingerprint density at radius 2 is 1.92 bits per heavy atom. The molecule has 25 heavy (non-hydrogen) atoms. The van der Waals surface area contributed by atoms with E-state index in [1.807, 2.05) is 61.6 Å². The quantitative estimate of drug-likeness (QED) is 0.898. The summed E-state index contributed by atoms with van der Waals surface area (Å²) in [6, 6.07) is 17.2. The van der Waals surface area contributed by atoms with E-state index in [0.717, 1.165) is 5.56 Å². The number of nitrogens with zero attached hydrogens (tertiary/aromatic N) is 1. The highest BCUT2D eigenvalue weighted by Crippen LogP contribution is 2.34. The lowest BCUT2D eigenvalue weighted by Crippen LogP contribution is -2.46. The first-order valence-corrected chi connectivity index (χ1v) is 8.47. The monoisotopic (exact) mass is 340 g/mol. The van der Waals surface area contributed by atoms with Gasteiger partial charge in [0.15, 0.2) is 0 Å². The van der Waals surface area contributed by atoms with Crippen LogP contribution in [0.2, 0.25) is 0 Å². The van der Waals surface area contributed by atoms with Crippen molar-refractivity contribution >= 4 is 11.6 Å². The zero-order valence-electron chi connectivity index (χ0n) is 14.6. The fraction of sp³-hybridized carbons (Fsp3) is 0.350. The number of hydrogen-bond acceptors (Lipinski definition) is 4. The van der Waals surface area contributed by atoms with E-state index in [1.165, 1.54) is 0 Å². The van der Waals surface area contributed by atoms with Crippen molar-refractivity contribution in [3.8, 4) is 5.75 Å². The van der Waals surface area contributed by atoms with Gasteiger partial charge in [0.1, 0.15) is 18.0 Å². The third-order valence-corrected chi connectivity index (χ3v) is 4.42. The Hall–Kier alpha value is -2.37. The third kappa shape index (κ3) is 4.00. The van der Waals surface area contributed by atoms with Crippen LogP contribution in [0.15, 0.2) is 54.6 Å². The number of nitrogens with one attached hydrogen (secondary N) is 1. The number of carbonyl (C=O) groups is 1. The molecule has 1 amide bonds. The average molecular weight is 340 g/mol. The van der Waals surface area contributed by atoms with Crippen LogP contribution < -0.4 is 15.0 Å². The molecule has 1 unspecified atom stereocenters. The molecule has 2 N–H and O–H groups in total. The second kappa shape index (κ2) is 7.25. The van der Waals surface area contributed by atoms with Crippen molar-refractivity contribution in [3.63, 3.8) is 0 Å². The Labute approximate surface area is 148 Å². The first kappa shape index (κ1) is 17.5. The number of anilines is 1. The summed E-state index contributed by atoms with van der Waals surface area (Å²) in [5.41, 5.74) is 0.661. The molecule has 0 bridgehead atoms. The lowest BCUT2D eigenvalue weighted by molar-refractivity contribution is -0.119. The van der Waals surface area contributed by atoms with Gasteiger partial charge in [0, 0.05) is 12.5 Å². The van der Waals surface area contributed by atoms with Gasteiger partial charge in [0.25, 0.3) is 0 Å². The first-order chi connectivity index (χ1) is 12.0. The van der Waals surface area contributed by atoms with Crippen molar-refractivity contribution in [2.24, 2.45) is 0 Å². The first-order valence-electron chi connectivity index (χ1n) is 8.47. The predicted molar refractivity (Wildman–Crippen MR) is 97.8 cm³/mol. The third-order valence-electron chi connectivity index (χ3n) is 4.42. The molecule has 2 atom stereocenters. The molecule has 0 fully saturated rings. The van der Waals surface area contributed by atoms with Gasteiger partial charge in [-0.15, -0.1) is 0 Å². The highest BCUT2D eigenvalue weighted by molar-refractivity contribution is 5.95. The van der Waals surface area contributed by atoms with E-state index in [-0.39, 0.29) is 25.1 Å². The summed E-state index contributed by atoms with van der Waals surface area (Å²) in [5, 5.41) is 13.7. The molecule has 0 saturated heterocycles. The van der Waals surface area contributed by atoms with Crippen LogP contribution in [0.25, 0.3) is 0 Å². The van der Waals surface area contributed by atoms with E-state index in [9.17, 15) is 9.90 Å². The zero-order valence-corrected chi connectivity index (χ0v) is 14.6. The Morgan fingerprint density at radius 1 is 1.24 bits per heavy atom. The average Bonchev–Trinajstić information content (AvgIpc) is 2.77. The molecule has 5 heteroatoms. The zero-order chi connectivity index (χ0) is 17.9. The van der Waals surface area contributed by atoms with Gasteiger partial charge in [-0.05, 0) is 31.7 Å². The number of fused-ring (bicyclic) bond motifs is 1. The predicted octanol–water partition coefficient (Wildman–Crippen LogP) is 2.51. The minimum atomic E-state index is -1.10. The molecule has 132 valence electrons. The highest BCUT2D eigenvalue weighted by Gasteiger charge is 2.34. The van der Waals surface area contributed by atoms with Gasteiger partial charge in [0.05, 0.1) is 12.2 Å². The number of β-amino-alcohol motifs (C(OH)–C–C–N with tert-alkyl or cyclic N) is 1. The number of para-hydroxylation sites is 2. The number of rotatable bonds is 4. The van der Waals surface area contributed by atoms with E-state index in [2.05, 4.69) is 5.32 Å². The van der Waals surface area contributed by atoms with Gasteiger partial charge in [-0.1, -0.05) is 42.5 Å². The van der Waals surface area contributed by atoms with Crippen LogP contribution in [0.5, 0.6) is 5.75 Å². The largest absolute Gasteiger partial charge is 0.488 e. The van der Waals surface area contributed by atoms with Crippen LogP contribution in [-0.4, -0.2) is 36.8 Å². The fourth-order valence-electron chi connectivity index (χ4n) is 3.09. The summed E-state index contributed by atoms with van der Waals surface area (Å²) in [6.07, 6.45) is 0.297. The second-order valence-electron chi connectivity index (χ2n) is 6.69. The maximum absolute atomic E-state index is 13.1.